The molecule has 2 aromatic heterocycles. The quantitative estimate of drug-likeness (QED) is 0.478. The molecule has 142 valence electrons. The van der Waals surface area contributed by atoms with Crippen LogP contribution in [0.5, 0.6) is 0 Å². The Hall–Kier alpha value is -2.49. The van der Waals surface area contributed by atoms with E-state index in [1.54, 1.807) is 41.8 Å². The van der Waals surface area contributed by atoms with E-state index in [4.69, 9.17) is 4.78 Å². The third-order valence-electron chi connectivity index (χ3n) is 3.79. The van der Waals surface area contributed by atoms with Gasteiger partial charge in [0, 0.05) is 34.0 Å². The van der Waals surface area contributed by atoms with E-state index in [0.29, 0.717) is 16.7 Å². The third kappa shape index (κ3) is 4.82. The van der Waals surface area contributed by atoms with E-state index in [1.165, 1.54) is 6.26 Å². The van der Waals surface area contributed by atoms with Gasteiger partial charge >= 0.3 is 0 Å². The topological polar surface area (TPSA) is 111 Å². The number of aliphatic hydroxyl groups excluding tert-OH is 1. The molecule has 0 spiro atoms. The van der Waals surface area contributed by atoms with Gasteiger partial charge in [-0.15, -0.1) is 11.3 Å². The molecule has 4 N–H and O–H groups in total. The van der Waals surface area contributed by atoms with E-state index in [0.717, 1.165) is 16.1 Å². The Balaban J connectivity index is 1.88. The average Bonchev–Trinajstić information content (AvgIpc) is 3.16. The van der Waals surface area contributed by atoms with Crippen LogP contribution in [0.2, 0.25) is 0 Å². The predicted octanol–water partition coefficient (Wildman–Crippen LogP) is 3.78. The summed E-state index contributed by atoms with van der Waals surface area (Å²) >= 11 is 1.59. The van der Waals surface area contributed by atoms with E-state index in [9.17, 15) is 9.32 Å². The number of aliphatic hydroxyl groups is 1. The Bertz CT molecular complexity index is 1000. The summed E-state index contributed by atoms with van der Waals surface area (Å²) in [5.74, 6) is 1.04. The molecule has 0 saturated heterocycles. The molecule has 3 aromatic rings. The third-order valence-corrected chi connectivity index (χ3v) is 5.87. The molecule has 27 heavy (non-hydrogen) atoms. The van der Waals surface area contributed by atoms with Crippen LogP contribution < -0.4 is 10.6 Å². The van der Waals surface area contributed by atoms with Crippen LogP contribution in [-0.4, -0.2) is 38.2 Å². The fraction of sp³-hybridized carbons (Fsp3) is 0.222. The number of aromatic nitrogens is 2. The molecule has 1 aromatic carbocycles. The molecule has 1 unspecified atom stereocenters. The Morgan fingerprint density at radius 2 is 2.04 bits per heavy atom. The van der Waals surface area contributed by atoms with Crippen LogP contribution in [0.15, 0.2) is 52.9 Å². The second kappa shape index (κ2) is 8.03. The van der Waals surface area contributed by atoms with Crippen LogP contribution in [0.4, 0.5) is 17.5 Å². The molecular formula is C18H21N5O2S2. The fourth-order valence-electron chi connectivity index (χ4n) is 2.37. The van der Waals surface area contributed by atoms with Crippen LogP contribution in [0.25, 0.3) is 10.4 Å². The van der Waals surface area contributed by atoms with Crippen molar-refractivity contribution < 1.29 is 9.32 Å². The summed E-state index contributed by atoms with van der Waals surface area (Å²) in [7, 11) is -2.74. The van der Waals surface area contributed by atoms with Crippen molar-refractivity contribution in [1.82, 2.24) is 9.97 Å². The Morgan fingerprint density at radius 1 is 1.30 bits per heavy atom. The minimum atomic E-state index is -2.74. The van der Waals surface area contributed by atoms with Crippen LogP contribution in [0, 0.1) is 4.78 Å². The van der Waals surface area contributed by atoms with E-state index in [2.05, 4.69) is 20.6 Å². The van der Waals surface area contributed by atoms with E-state index in [1.807, 2.05) is 24.4 Å². The molecule has 0 radical (unpaired) electrons. The fourth-order valence-corrected chi connectivity index (χ4v) is 3.76. The van der Waals surface area contributed by atoms with E-state index in [-0.39, 0.29) is 12.6 Å². The van der Waals surface area contributed by atoms with Crippen molar-refractivity contribution in [3.05, 3.63) is 48.0 Å². The van der Waals surface area contributed by atoms with Gasteiger partial charge in [0.25, 0.3) is 0 Å². The largest absolute Gasteiger partial charge is 0.394 e. The second-order valence-electron chi connectivity index (χ2n) is 6.15. The summed E-state index contributed by atoms with van der Waals surface area (Å²) in [6.45, 7) is 1.86. The highest BCUT2D eigenvalue weighted by atomic mass is 32.2. The molecule has 0 aliphatic heterocycles. The first-order valence-electron chi connectivity index (χ1n) is 8.26. The maximum atomic E-state index is 11.8. The van der Waals surface area contributed by atoms with Crippen molar-refractivity contribution in [1.29, 1.82) is 4.78 Å². The lowest BCUT2D eigenvalue weighted by Crippen LogP contribution is -2.21. The monoisotopic (exact) mass is 403 g/mol. The number of anilines is 3. The van der Waals surface area contributed by atoms with Crippen molar-refractivity contribution in [3.63, 3.8) is 0 Å². The zero-order valence-corrected chi connectivity index (χ0v) is 16.6. The highest BCUT2D eigenvalue weighted by Gasteiger charge is 2.13. The average molecular weight is 404 g/mol. The van der Waals surface area contributed by atoms with Gasteiger partial charge < -0.3 is 15.7 Å². The molecule has 9 heteroatoms. The molecule has 0 aliphatic carbocycles. The van der Waals surface area contributed by atoms with Gasteiger partial charge in [-0.05, 0) is 42.6 Å². The highest BCUT2D eigenvalue weighted by Crippen LogP contribution is 2.31. The number of hydrogen-bond donors (Lipinski definition) is 4. The Labute approximate surface area is 162 Å². The van der Waals surface area contributed by atoms with Crippen LogP contribution in [0.1, 0.15) is 6.92 Å². The van der Waals surface area contributed by atoms with Gasteiger partial charge in [-0.1, -0.05) is 6.07 Å². The van der Waals surface area contributed by atoms with Gasteiger partial charge in [-0.3, -0.25) is 0 Å². The molecule has 7 nitrogen and oxygen atoms in total. The number of nitrogens with zero attached hydrogens (tertiary/aromatic N) is 2. The molecular weight excluding hydrogens is 382 g/mol. The summed E-state index contributed by atoms with van der Waals surface area (Å²) in [4.78, 5) is 10.4. The molecule has 3 rings (SSSR count). The summed E-state index contributed by atoms with van der Waals surface area (Å²) in [5, 5.41) is 17.7. The number of hydrogen-bond acceptors (Lipinski definition) is 8. The van der Waals surface area contributed by atoms with Crippen molar-refractivity contribution in [2.45, 2.75) is 17.9 Å². The lowest BCUT2D eigenvalue weighted by Gasteiger charge is -2.16. The lowest BCUT2D eigenvalue weighted by molar-refractivity contribution is 0.281. The Morgan fingerprint density at radius 3 is 2.63 bits per heavy atom. The number of rotatable bonds is 7. The molecule has 0 fully saturated rings. The number of nitrogens with one attached hydrogen (secondary N) is 3. The zero-order valence-electron chi connectivity index (χ0n) is 15.0. The maximum absolute atomic E-state index is 11.8. The minimum Gasteiger partial charge on any atom is -0.394 e. The first-order chi connectivity index (χ1) is 12.9. The number of thiophene rings is 1. The van der Waals surface area contributed by atoms with Crippen LogP contribution in [0.3, 0.4) is 0 Å². The maximum Gasteiger partial charge on any atom is 0.229 e. The standard InChI is InChI=1S/C18H21N5O2S2/c1-12(11-24)21-17-15(16-4-3-9-26-16)10-20-18(23-17)22-13-5-7-14(8-6-13)27(2,19)25/h3-10,12,19,24H,11H2,1-2H3,(H2,20,21,22,23)/t12-,27?/m1/s1. The van der Waals surface area contributed by atoms with Gasteiger partial charge in [-0.25, -0.2) is 14.0 Å². The van der Waals surface area contributed by atoms with Crippen molar-refractivity contribution in [3.8, 4) is 10.4 Å². The molecule has 0 amide bonds. The van der Waals surface area contributed by atoms with Crippen LogP contribution in [-0.2, 0) is 9.73 Å². The van der Waals surface area contributed by atoms with E-state index >= 15 is 0 Å². The summed E-state index contributed by atoms with van der Waals surface area (Å²) in [5.41, 5.74) is 1.60. The predicted molar refractivity (Wildman–Crippen MR) is 110 cm³/mol. The van der Waals surface area contributed by atoms with Crippen LogP contribution >= 0.6 is 11.3 Å². The van der Waals surface area contributed by atoms with Gasteiger partial charge in [0.1, 0.15) is 5.82 Å². The second-order valence-corrected chi connectivity index (χ2v) is 9.26. The van der Waals surface area contributed by atoms with Gasteiger partial charge in [0.2, 0.25) is 5.95 Å². The first-order valence-corrected chi connectivity index (χ1v) is 11.1. The highest BCUT2D eigenvalue weighted by molar-refractivity contribution is 7.91. The first kappa shape index (κ1) is 19.3. The van der Waals surface area contributed by atoms with Gasteiger partial charge in [-0.2, -0.15) is 4.98 Å². The van der Waals surface area contributed by atoms with Gasteiger partial charge in [0.05, 0.1) is 21.9 Å². The number of benzene rings is 1. The summed E-state index contributed by atoms with van der Waals surface area (Å²) in [6.07, 6.45) is 3.13. The normalized spacial score (nSPS) is 14.3. The SMILES string of the molecule is C[C@H](CO)Nc1nc(Nc2ccc(S(C)(=N)=O)cc2)ncc1-c1cccs1. The summed E-state index contributed by atoms with van der Waals surface area (Å²) in [6, 6.07) is 10.6. The smallest absolute Gasteiger partial charge is 0.229 e. The molecule has 0 bridgehead atoms. The molecule has 2 atom stereocenters. The van der Waals surface area contributed by atoms with Crippen molar-refractivity contribution in [2.24, 2.45) is 0 Å². The molecule has 0 aliphatic rings. The zero-order chi connectivity index (χ0) is 19.4. The van der Waals surface area contributed by atoms with Crippen molar-refractivity contribution in [2.75, 3.05) is 23.5 Å². The lowest BCUT2D eigenvalue weighted by atomic mass is 10.2. The Kier molecular flexibility index (Phi) is 5.73. The van der Waals surface area contributed by atoms with Gasteiger partial charge in [0.15, 0.2) is 0 Å². The van der Waals surface area contributed by atoms with Crippen molar-refractivity contribution >= 4 is 38.5 Å². The summed E-state index contributed by atoms with van der Waals surface area (Å²) < 4.78 is 19.4. The molecule has 0 saturated carbocycles. The molecule has 2 heterocycles. The van der Waals surface area contributed by atoms with E-state index < -0.39 is 9.73 Å². The minimum absolute atomic E-state index is 0.0124.